The Hall–Kier alpha value is -0.960. The summed E-state index contributed by atoms with van der Waals surface area (Å²) >= 11 is 0. The molecule has 4 aliphatic carbocycles. The summed E-state index contributed by atoms with van der Waals surface area (Å²) in [5.41, 5.74) is 2.51. The minimum atomic E-state index is -0.319. The van der Waals surface area contributed by atoms with Crippen molar-refractivity contribution >= 4 is 11.6 Å². The van der Waals surface area contributed by atoms with E-state index >= 15 is 0 Å². The van der Waals surface area contributed by atoms with Crippen LogP contribution in [0.3, 0.4) is 0 Å². The van der Waals surface area contributed by atoms with Crippen molar-refractivity contribution in [3.63, 3.8) is 0 Å². The second-order valence-corrected chi connectivity index (χ2v) is 13.9. The molecule has 4 rings (SSSR count). The predicted molar refractivity (Wildman–Crippen MR) is 134 cm³/mol. The van der Waals surface area contributed by atoms with Crippen LogP contribution in [0.4, 0.5) is 0 Å². The van der Waals surface area contributed by atoms with Crippen molar-refractivity contribution in [3.05, 3.63) is 11.1 Å². The van der Waals surface area contributed by atoms with Crippen LogP contribution in [0.1, 0.15) is 113 Å². The van der Waals surface area contributed by atoms with E-state index < -0.39 is 0 Å². The van der Waals surface area contributed by atoms with Gasteiger partial charge < -0.3 is 5.11 Å². The second-order valence-electron chi connectivity index (χ2n) is 13.9. The molecule has 0 heterocycles. The van der Waals surface area contributed by atoms with Gasteiger partial charge in [-0.05, 0) is 78.9 Å². The maximum atomic E-state index is 13.9. The minimum Gasteiger partial charge on any atom is -0.393 e. The van der Waals surface area contributed by atoms with Crippen LogP contribution in [-0.4, -0.2) is 22.8 Å². The third-order valence-electron chi connectivity index (χ3n) is 11.8. The average molecular weight is 457 g/mol. The van der Waals surface area contributed by atoms with Gasteiger partial charge in [-0.25, -0.2) is 0 Å². The lowest BCUT2D eigenvalue weighted by Gasteiger charge is -2.61. The van der Waals surface area contributed by atoms with Crippen LogP contribution < -0.4 is 0 Å². The average Bonchev–Trinajstić information content (AvgIpc) is 3.02. The second kappa shape index (κ2) is 8.04. The monoisotopic (exact) mass is 456 g/mol. The fourth-order valence-electron chi connectivity index (χ4n) is 9.16. The molecular weight excluding hydrogens is 408 g/mol. The number of hydrogen-bond acceptors (Lipinski definition) is 3. The topological polar surface area (TPSA) is 54.4 Å². The van der Waals surface area contributed by atoms with Gasteiger partial charge in [-0.3, -0.25) is 9.59 Å². The number of fused-ring (bicyclic) bond motifs is 4. The molecule has 0 aromatic heterocycles. The highest BCUT2D eigenvalue weighted by Crippen LogP contribution is 2.71. The van der Waals surface area contributed by atoms with Crippen molar-refractivity contribution in [3.8, 4) is 0 Å². The van der Waals surface area contributed by atoms with E-state index in [9.17, 15) is 14.7 Å². The zero-order chi connectivity index (χ0) is 24.6. The van der Waals surface area contributed by atoms with Gasteiger partial charge in [-0.1, -0.05) is 61.0 Å². The molecule has 2 saturated carbocycles. The number of carbonyl (C=O) groups is 2. The molecule has 0 spiro atoms. The number of Topliss-reactive ketones (excluding diaryl/α,β-unsaturated/α-hetero) is 2. The number of ketones is 2. The zero-order valence-electron chi connectivity index (χ0n) is 22.5. The van der Waals surface area contributed by atoms with Gasteiger partial charge in [0.25, 0.3) is 0 Å². The first kappa shape index (κ1) is 25.1. The summed E-state index contributed by atoms with van der Waals surface area (Å²) in [5.74, 6) is 2.17. The van der Waals surface area contributed by atoms with E-state index in [0.717, 1.165) is 38.5 Å². The van der Waals surface area contributed by atoms with Gasteiger partial charge in [-0.15, -0.1) is 0 Å². The first-order valence-corrected chi connectivity index (χ1v) is 13.7. The molecule has 0 bridgehead atoms. The zero-order valence-corrected chi connectivity index (χ0v) is 22.5. The summed E-state index contributed by atoms with van der Waals surface area (Å²) in [4.78, 5) is 26.2. The van der Waals surface area contributed by atoms with Crippen molar-refractivity contribution in [2.24, 2.45) is 45.3 Å². The number of hydrogen-bond donors (Lipinski definition) is 1. The van der Waals surface area contributed by atoms with E-state index in [0.29, 0.717) is 36.2 Å². The van der Waals surface area contributed by atoms with Crippen LogP contribution in [0.5, 0.6) is 0 Å². The Morgan fingerprint density at radius 1 is 1.03 bits per heavy atom. The van der Waals surface area contributed by atoms with Gasteiger partial charge in [0.05, 0.1) is 6.10 Å². The Labute approximate surface area is 202 Å². The molecule has 3 heteroatoms. The van der Waals surface area contributed by atoms with Gasteiger partial charge in [-0.2, -0.15) is 0 Å². The molecule has 2 fully saturated rings. The number of aliphatic hydroxyl groups is 1. The molecule has 4 aliphatic rings. The molecule has 0 aromatic carbocycles. The van der Waals surface area contributed by atoms with E-state index in [-0.39, 0.29) is 39.6 Å². The van der Waals surface area contributed by atoms with Gasteiger partial charge in [0.1, 0.15) is 5.78 Å². The number of carbonyl (C=O) groups excluding carboxylic acids is 2. The third-order valence-corrected chi connectivity index (χ3v) is 11.8. The first-order valence-electron chi connectivity index (χ1n) is 13.7. The van der Waals surface area contributed by atoms with Crippen molar-refractivity contribution in [2.75, 3.05) is 0 Å². The Morgan fingerprint density at radius 2 is 1.70 bits per heavy atom. The minimum absolute atomic E-state index is 0.0314. The van der Waals surface area contributed by atoms with Gasteiger partial charge in [0.2, 0.25) is 0 Å². The van der Waals surface area contributed by atoms with E-state index in [1.807, 2.05) is 13.8 Å². The highest BCUT2D eigenvalue weighted by atomic mass is 16.3. The van der Waals surface area contributed by atoms with Gasteiger partial charge in [0, 0.05) is 29.7 Å². The van der Waals surface area contributed by atoms with Crippen LogP contribution in [-0.2, 0) is 9.59 Å². The summed E-state index contributed by atoms with van der Waals surface area (Å²) in [6.45, 7) is 18.0. The molecule has 3 nitrogen and oxygen atoms in total. The van der Waals surface area contributed by atoms with E-state index in [4.69, 9.17) is 0 Å². The molecule has 1 N–H and O–H groups in total. The molecule has 0 saturated heterocycles. The molecule has 7 atom stereocenters. The smallest absolute Gasteiger partial charge is 0.159 e. The van der Waals surface area contributed by atoms with Crippen LogP contribution in [0.2, 0.25) is 0 Å². The SMILES string of the molecule is CC(C)C(=O)CC[C@@H](C)[C@@H]1CC[C@]2(C)C3=C(CC[C@@]12C)[C@@]1(C)CC[C@H](O)C(C)(C)[C@@H]1CC3=O. The third kappa shape index (κ3) is 3.46. The van der Waals surface area contributed by atoms with E-state index in [2.05, 4.69) is 41.5 Å². The summed E-state index contributed by atoms with van der Waals surface area (Å²) < 4.78 is 0. The molecule has 186 valence electrons. The Bertz CT molecular complexity index is 866. The molecule has 0 radical (unpaired) electrons. The van der Waals surface area contributed by atoms with Crippen molar-refractivity contribution in [2.45, 2.75) is 119 Å². The Kier molecular flexibility index (Phi) is 6.12. The standard InChI is InChI=1S/C30H48O3/c1-18(2)22(31)10-9-19(3)20-11-16-30(8)26-21(12-15-29(20,30)7)28(6)14-13-25(33)27(4,5)24(28)17-23(26)32/h18-20,24-25,33H,9-17H2,1-8H3/t19-,20+,24+,25+,28-,29+,30-/m1/s1. The van der Waals surface area contributed by atoms with Crippen LogP contribution in [0, 0.1) is 45.3 Å². The quantitative estimate of drug-likeness (QED) is 0.488. The lowest BCUT2D eigenvalue weighted by atomic mass is 9.43. The normalized spacial score (nSPS) is 43.2. The number of aliphatic hydroxyl groups excluding tert-OH is 1. The number of allylic oxidation sites excluding steroid dienone is 2. The lowest BCUT2D eigenvalue weighted by Crippen LogP contribution is -2.57. The summed E-state index contributed by atoms with van der Waals surface area (Å²) in [6.07, 6.45) is 8.20. The highest BCUT2D eigenvalue weighted by molar-refractivity contribution is 5.99. The van der Waals surface area contributed by atoms with Crippen molar-refractivity contribution < 1.29 is 14.7 Å². The molecule has 0 unspecified atom stereocenters. The molecule has 33 heavy (non-hydrogen) atoms. The van der Waals surface area contributed by atoms with Crippen LogP contribution in [0.15, 0.2) is 11.1 Å². The van der Waals surface area contributed by atoms with Gasteiger partial charge in [0.15, 0.2) is 5.78 Å². The van der Waals surface area contributed by atoms with E-state index in [1.54, 1.807) is 0 Å². The van der Waals surface area contributed by atoms with Gasteiger partial charge >= 0.3 is 0 Å². The van der Waals surface area contributed by atoms with Crippen molar-refractivity contribution in [1.29, 1.82) is 0 Å². The summed E-state index contributed by atoms with van der Waals surface area (Å²) in [7, 11) is 0. The largest absolute Gasteiger partial charge is 0.393 e. The number of rotatable bonds is 5. The maximum absolute atomic E-state index is 13.9. The molecular formula is C30H48O3. The van der Waals surface area contributed by atoms with Crippen molar-refractivity contribution in [1.82, 2.24) is 0 Å². The summed E-state index contributed by atoms with van der Waals surface area (Å²) in [5, 5.41) is 10.8. The maximum Gasteiger partial charge on any atom is 0.159 e. The predicted octanol–water partition coefficient (Wildman–Crippen LogP) is 6.92. The lowest BCUT2D eigenvalue weighted by molar-refractivity contribution is -0.134. The molecule has 0 aromatic rings. The first-order chi connectivity index (χ1) is 15.2. The molecule has 0 amide bonds. The Morgan fingerprint density at radius 3 is 2.33 bits per heavy atom. The summed E-state index contributed by atoms with van der Waals surface area (Å²) in [6, 6.07) is 0. The van der Waals surface area contributed by atoms with E-state index in [1.165, 1.54) is 17.6 Å². The highest BCUT2D eigenvalue weighted by Gasteiger charge is 2.65. The van der Waals surface area contributed by atoms with Crippen LogP contribution in [0.25, 0.3) is 0 Å². The van der Waals surface area contributed by atoms with Crippen LogP contribution >= 0.6 is 0 Å². The fraction of sp³-hybridized carbons (Fsp3) is 0.867. The fourth-order valence-corrected chi connectivity index (χ4v) is 9.16. The molecule has 0 aliphatic heterocycles. The Balaban J connectivity index is 1.68.